The van der Waals surface area contributed by atoms with Crippen LogP contribution in [0.5, 0.6) is 0 Å². The van der Waals surface area contributed by atoms with Crippen molar-refractivity contribution < 1.29 is 38.8 Å². The van der Waals surface area contributed by atoms with Gasteiger partial charge in [-0.3, -0.25) is 9.78 Å². The molecule has 324 valence electrons. The topological polar surface area (TPSA) is 156 Å². The molecule has 3 heterocycles. The Morgan fingerprint density at radius 3 is 2.37 bits per heavy atom. The number of carboxylic acid groups (broad SMARTS) is 1. The zero-order valence-corrected chi connectivity index (χ0v) is 36.5. The molecule has 1 saturated heterocycles. The average Bonchev–Trinajstić information content (AvgIpc) is 3.95. The zero-order valence-electron chi connectivity index (χ0n) is 36.5. The Balaban J connectivity index is 1.31. The fraction of sp³-hybridized carbons (Fsp3) is 0.532. The minimum Gasteiger partial charge on any atom is -0.480 e. The fourth-order valence-electron chi connectivity index (χ4n) is 8.54. The van der Waals surface area contributed by atoms with Gasteiger partial charge in [-0.05, 0) is 125 Å². The van der Waals surface area contributed by atoms with Gasteiger partial charge >= 0.3 is 12.1 Å². The van der Waals surface area contributed by atoms with Crippen LogP contribution in [0, 0.1) is 11.3 Å². The number of hydrogen-bond donors (Lipinski definition) is 3. The number of hydrogen-bond acceptors (Lipinski definition) is 10. The highest BCUT2D eigenvalue weighted by Crippen LogP contribution is 2.52. The monoisotopic (exact) mass is 825 g/mol. The summed E-state index contributed by atoms with van der Waals surface area (Å²) in [4.78, 5) is 45.1. The van der Waals surface area contributed by atoms with E-state index in [1.807, 2.05) is 25.3 Å². The van der Waals surface area contributed by atoms with Gasteiger partial charge in [-0.25, -0.2) is 9.59 Å². The van der Waals surface area contributed by atoms with E-state index in [1.165, 1.54) is 5.56 Å². The van der Waals surface area contributed by atoms with Crippen LogP contribution < -0.4 is 15.1 Å². The van der Waals surface area contributed by atoms with Crippen molar-refractivity contribution >= 4 is 40.8 Å². The van der Waals surface area contributed by atoms with Crippen LogP contribution in [0.3, 0.4) is 0 Å². The van der Waals surface area contributed by atoms with E-state index in [2.05, 4.69) is 76.9 Å². The second-order valence-electron chi connectivity index (χ2n) is 18.1. The number of anilines is 2. The zero-order chi connectivity index (χ0) is 43.4. The molecule has 0 bridgehead atoms. The SMILES string of the molecule is CCn1c(-c2cc(N3CCN(c4cccc(COC=O)c4)CC3)cnc2[C@H](C)OC)c(CC(C)(C)CO)c2cc([C@@H]3C[C@H]3CC[C@H](NC(=O)OC(C)(C)C)C(=O)O)ccc21. The van der Waals surface area contributed by atoms with Crippen molar-refractivity contribution in [3.63, 3.8) is 0 Å². The van der Waals surface area contributed by atoms with Gasteiger partial charge in [-0.15, -0.1) is 0 Å². The molecule has 2 aromatic heterocycles. The Morgan fingerprint density at radius 2 is 1.73 bits per heavy atom. The van der Waals surface area contributed by atoms with Gasteiger partial charge in [0.15, 0.2) is 0 Å². The molecule has 1 aliphatic heterocycles. The number of rotatable bonds is 18. The third-order valence-electron chi connectivity index (χ3n) is 11.9. The van der Waals surface area contributed by atoms with Crippen molar-refractivity contribution in [1.29, 1.82) is 0 Å². The van der Waals surface area contributed by atoms with Gasteiger partial charge in [0.05, 0.1) is 29.4 Å². The van der Waals surface area contributed by atoms with Gasteiger partial charge in [0.2, 0.25) is 0 Å². The summed E-state index contributed by atoms with van der Waals surface area (Å²) in [7, 11) is 1.71. The number of nitrogens with one attached hydrogen (secondary N) is 1. The number of methoxy groups -OCH3 is 1. The van der Waals surface area contributed by atoms with Gasteiger partial charge in [0.25, 0.3) is 6.47 Å². The van der Waals surface area contributed by atoms with Gasteiger partial charge < -0.3 is 44.1 Å². The van der Waals surface area contributed by atoms with Crippen LogP contribution in [0.4, 0.5) is 16.2 Å². The Morgan fingerprint density at radius 1 is 1.02 bits per heavy atom. The quantitative estimate of drug-likeness (QED) is 0.0840. The maximum absolute atomic E-state index is 12.4. The highest BCUT2D eigenvalue weighted by Gasteiger charge is 2.40. The van der Waals surface area contributed by atoms with Crippen LogP contribution in [0.1, 0.15) is 102 Å². The van der Waals surface area contributed by atoms with E-state index < -0.39 is 29.1 Å². The summed E-state index contributed by atoms with van der Waals surface area (Å²) in [5.74, 6) is -0.500. The van der Waals surface area contributed by atoms with E-state index in [4.69, 9.17) is 19.2 Å². The lowest BCUT2D eigenvalue weighted by atomic mass is 9.84. The minimum atomic E-state index is -1.07. The second-order valence-corrected chi connectivity index (χ2v) is 18.1. The number of nitrogens with zero attached hydrogens (tertiary/aromatic N) is 4. The molecule has 13 heteroatoms. The van der Waals surface area contributed by atoms with Crippen molar-refractivity contribution in [2.45, 2.75) is 111 Å². The number of carbonyl (C=O) groups is 3. The molecule has 13 nitrogen and oxygen atoms in total. The number of carboxylic acids is 1. The van der Waals surface area contributed by atoms with Crippen molar-refractivity contribution in [2.75, 3.05) is 49.7 Å². The molecule has 2 aliphatic rings. The number of aliphatic hydroxyl groups is 1. The van der Waals surface area contributed by atoms with Gasteiger partial charge in [-0.2, -0.15) is 0 Å². The van der Waals surface area contributed by atoms with Crippen molar-refractivity contribution in [2.24, 2.45) is 11.3 Å². The summed E-state index contributed by atoms with van der Waals surface area (Å²) in [5, 5.41) is 24.2. The fourth-order valence-corrected chi connectivity index (χ4v) is 8.54. The molecule has 4 aromatic rings. The molecule has 4 atom stereocenters. The molecule has 60 heavy (non-hydrogen) atoms. The largest absolute Gasteiger partial charge is 0.480 e. The lowest BCUT2D eigenvalue weighted by molar-refractivity contribution is -0.139. The molecular weight excluding hydrogens is 763 g/mol. The summed E-state index contributed by atoms with van der Waals surface area (Å²) >= 11 is 0. The Hall–Kier alpha value is -5.14. The number of fused-ring (bicyclic) bond motifs is 1. The molecule has 1 aliphatic carbocycles. The van der Waals surface area contributed by atoms with E-state index in [0.717, 1.165) is 89.5 Å². The van der Waals surface area contributed by atoms with Crippen LogP contribution in [-0.2, 0) is 43.4 Å². The second kappa shape index (κ2) is 18.6. The molecule has 1 saturated carbocycles. The van der Waals surface area contributed by atoms with E-state index in [9.17, 15) is 24.6 Å². The number of aryl methyl sites for hydroxylation is 1. The highest BCUT2D eigenvalue weighted by atomic mass is 16.6. The first-order valence-corrected chi connectivity index (χ1v) is 21.2. The predicted molar refractivity (Wildman–Crippen MR) is 233 cm³/mol. The van der Waals surface area contributed by atoms with Crippen LogP contribution in [0.2, 0.25) is 0 Å². The maximum atomic E-state index is 12.4. The molecule has 0 unspecified atom stereocenters. The van der Waals surface area contributed by atoms with Crippen molar-refractivity contribution in [1.82, 2.24) is 14.9 Å². The Labute approximate surface area is 354 Å². The van der Waals surface area contributed by atoms with Gasteiger partial charge in [-0.1, -0.05) is 32.0 Å². The smallest absolute Gasteiger partial charge is 0.408 e. The molecule has 6 rings (SSSR count). The third-order valence-corrected chi connectivity index (χ3v) is 11.9. The van der Waals surface area contributed by atoms with E-state index in [-0.39, 0.29) is 25.2 Å². The van der Waals surface area contributed by atoms with E-state index in [1.54, 1.807) is 27.9 Å². The Bertz CT molecular complexity index is 2150. The minimum absolute atomic E-state index is 0.0224. The molecule has 1 amide bonds. The first kappa shape index (κ1) is 44.4. The number of pyridine rings is 1. The third kappa shape index (κ3) is 10.4. The number of amides is 1. The van der Waals surface area contributed by atoms with Crippen LogP contribution in [0.25, 0.3) is 22.2 Å². The van der Waals surface area contributed by atoms with Gasteiger partial charge in [0.1, 0.15) is 18.2 Å². The average molecular weight is 826 g/mol. The first-order chi connectivity index (χ1) is 28.6. The first-order valence-electron chi connectivity index (χ1n) is 21.2. The van der Waals surface area contributed by atoms with Crippen molar-refractivity contribution in [3.8, 4) is 11.3 Å². The summed E-state index contributed by atoms with van der Waals surface area (Å²) in [6, 6.07) is 16.1. The van der Waals surface area contributed by atoms with Crippen LogP contribution in [-0.4, -0.2) is 89.8 Å². The number of aromatic nitrogens is 2. The van der Waals surface area contributed by atoms with E-state index >= 15 is 0 Å². The molecule has 0 spiro atoms. The number of benzene rings is 2. The number of alkyl carbamates (subject to hydrolysis) is 1. The molecular formula is C47H63N5O8. The summed E-state index contributed by atoms with van der Waals surface area (Å²) in [6.45, 7) is 18.3. The van der Waals surface area contributed by atoms with E-state index in [0.29, 0.717) is 31.7 Å². The maximum Gasteiger partial charge on any atom is 0.408 e. The summed E-state index contributed by atoms with van der Waals surface area (Å²) < 4.78 is 18.6. The Kier molecular flexibility index (Phi) is 13.8. The molecule has 0 radical (unpaired) electrons. The van der Waals surface area contributed by atoms with Crippen LogP contribution >= 0.6 is 0 Å². The lowest BCUT2D eigenvalue weighted by Gasteiger charge is -2.37. The van der Waals surface area contributed by atoms with Crippen molar-refractivity contribution in [3.05, 3.63) is 77.1 Å². The number of ether oxygens (including phenoxy) is 3. The predicted octanol–water partition coefficient (Wildman–Crippen LogP) is 7.85. The summed E-state index contributed by atoms with van der Waals surface area (Å²) in [6.07, 6.45) is 3.51. The lowest BCUT2D eigenvalue weighted by Crippen LogP contribution is -2.46. The normalized spacial score (nSPS) is 17.9. The molecule has 2 aromatic carbocycles. The standard InChI is InChI=1S/C47H63N5O8/c1-9-52-41-16-14-33(36-22-32(36)13-15-40(44(55)56)49-45(57)60-46(3,4)5)23-37(41)39(25-47(6,7)28-53)43(52)38-24-35(26-48-42(38)30(2)58-8)51-19-17-50(18-20-51)34-12-10-11-31(21-34)27-59-29-54/h10-12,14,16,21,23-24,26,29-30,32,36,40,53H,9,13,15,17-20,22,25,27-28H2,1-8H3,(H,49,57)(H,55,56)/t30-,32+,36+,40-/m0/s1. The molecule has 2 fully saturated rings. The number of carbonyl (C=O) groups excluding carboxylic acids is 2. The van der Waals surface area contributed by atoms with Gasteiger partial charge in [0, 0.05) is 68.6 Å². The summed E-state index contributed by atoms with van der Waals surface area (Å²) in [5.41, 5.74) is 8.38. The number of piperazine rings is 1. The molecule has 3 N–H and O–H groups in total. The number of aliphatic carboxylic acids is 1. The van der Waals surface area contributed by atoms with Crippen LogP contribution in [0.15, 0.2) is 54.7 Å². The number of aliphatic hydroxyl groups excluding tert-OH is 1. The highest BCUT2D eigenvalue weighted by molar-refractivity contribution is 5.93.